The molecule has 0 unspecified atom stereocenters. The summed E-state index contributed by atoms with van der Waals surface area (Å²) in [7, 11) is 0. The van der Waals surface area contributed by atoms with Gasteiger partial charge < -0.3 is 5.11 Å². The second-order valence-corrected chi connectivity index (χ2v) is 2.16. The molecule has 0 aromatic rings. The van der Waals surface area contributed by atoms with Crippen molar-refractivity contribution in [3.63, 3.8) is 0 Å². The number of Topliss-reactive ketones (excluding diaryl/α,β-unsaturated/α-hetero) is 2. The third-order valence-electron chi connectivity index (χ3n) is 1.37. The molecule has 1 aliphatic rings. The number of carbonyl (C=O) groups excluding carboxylic acids is 2. The molecule has 0 aromatic heterocycles. The van der Waals surface area contributed by atoms with Crippen LogP contribution in [0.5, 0.6) is 0 Å². The lowest BCUT2D eigenvalue weighted by molar-refractivity contribution is -0.137. The number of rotatable bonds is 0. The predicted molar refractivity (Wildman–Crippen MR) is 37.2 cm³/mol. The van der Waals surface area contributed by atoms with Crippen molar-refractivity contribution in [3.8, 4) is 0 Å². The molecule has 1 saturated carbocycles. The number of ketones is 2. The van der Waals surface area contributed by atoms with Gasteiger partial charge >= 0.3 is 0 Å². The van der Waals surface area contributed by atoms with Gasteiger partial charge in [0.1, 0.15) is 0 Å². The van der Waals surface area contributed by atoms with Gasteiger partial charge in [0, 0.05) is 12.8 Å². The van der Waals surface area contributed by atoms with Crippen molar-refractivity contribution in [1.82, 2.24) is 0 Å². The minimum absolute atomic E-state index is 0.170. The lowest BCUT2D eigenvalue weighted by Gasteiger charge is -2.04. The largest absolute Gasteiger partial charge is 0.483 e. The first-order chi connectivity index (χ1) is 5.22. The van der Waals surface area contributed by atoms with Crippen LogP contribution in [-0.4, -0.2) is 23.1 Å². The fourth-order valence-electron chi connectivity index (χ4n) is 0.850. The SMILES string of the molecule is O=C1CCCCC1=O.O=CO. The fourth-order valence-corrected chi connectivity index (χ4v) is 0.850. The van der Waals surface area contributed by atoms with E-state index in [-0.39, 0.29) is 18.0 Å². The molecule has 0 atom stereocenters. The highest BCUT2D eigenvalue weighted by Gasteiger charge is 2.16. The molecule has 0 saturated heterocycles. The van der Waals surface area contributed by atoms with Gasteiger partial charge in [0.25, 0.3) is 6.47 Å². The van der Waals surface area contributed by atoms with Gasteiger partial charge in [-0.3, -0.25) is 14.4 Å². The van der Waals surface area contributed by atoms with Crippen molar-refractivity contribution >= 4 is 18.0 Å². The molecule has 0 radical (unpaired) electrons. The minimum Gasteiger partial charge on any atom is -0.483 e. The molecule has 4 heteroatoms. The lowest BCUT2D eigenvalue weighted by Crippen LogP contribution is -2.17. The molecule has 62 valence electrons. The summed E-state index contributed by atoms with van der Waals surface area (Å²) in [6, 6.07) is 0. The average molecular weight is 158 g/mol. The molecule has 0 heterocycles. The standard InChI is InChI=1S/C6H8O2.CH2O2/c7-5-3-1-2-4-6(5)8;2-1-3/h1-4H2;1H,(H,2,3). The zero-order valence-electron chi connectivity index (χ0n) is 6.08. The van der Waals surface area contributed by atoms with Crippen molar-refractivity contribution in [2.45, 2.75) is 25.7 Å². The van der Waals surface area contributed by atoms with Crippen molar-refractivity contribution in [2.24, 2.45) is 0 Å². The van der Waals surface area contributed by atoms with Gasteiger partial charge in [-0.1, -0.05) is 0 Å². The zero-order chi connectivity index (χ0) is 8.69. The molecule has 0 bridgehead atoms. The van der Waals surface area contributed by atoms with Crippen LogP contribution in [0.3, 0.4) is 0 Å². The average Bonchev–Trinajstić information content (AvgIpc) is 1.97. The highest BCUT2D eigenvalue weighted by atomic mass is 16.3. The van der Waals surface area contributed by atoms with Crippen LogP contribution in [0.15, 0.2) is 0 Å². The number of carboxylic acid groups (broad SMARTS) is 1. The summed E-state index contributed by atoms with van der Waals surface area (Å²) in [5, 5.41) is 6.89. The van der Waals surface area contributed by atoms with Crippen molar-refractivity contribution < 1.29 is 19.5 Å². The Balaban J connectivity index is 0.000000292. The van der Waals surface area contributed by atoms with Gasteiger partial charge in [-0.2, -0.15) is 0 Å². The van der Waals surface area contributed by atoms with E-state index in [9.17, 15) is 9.59 Å². The van der Waals surface area contributed by atoms with Crippen LogP contribution in [0.25, 0.3) is 0 Å². The lowest BCUT2D eigenvalue weighted by atomic mass is 9.98. The second-order valence-electron chi connectivity index (χ2n) is 2.16. The summed E-state index contributed by atoms with van der Waals surface area (Å²) < 4.78 is 0. The summed E-state index contributed by atoms with van der Waals surface area (Å²) in [6.07, 6.45) is 2.78. The minimum atomic E-state index is -0.250. The topological polar surface area (TPSA) is 71.4 Å². The van der Waals surface area contributed by atoms with Crippen molar-refractivity contribution in [3.05, 3.63) is 0 Å². The Kier molecular flexibility index (Phi) is 4.98. The van der Waals surface area contributed by atoms with Crippen molar-refractivity contribution in [1.29, 1.82) is 0 Å². The molecule has 0 spiro atoms. The van der Waals surface area contributed by atoms with Gasteiger partial charge in [-0.05, 0) is 12.8 Å². The van der Waals surface area contributed by atoms with E-state index < -0.39 is 0 Å². The Bertz CT molecular complexity index is 146. The molecule has 4 nitrogen and oxygen atoms in total. The summed E-state index contributed by atoms with van der Waals surface area (Å²) >= 11 is 0. The Hall–Kier alpha value is -1.19. The van der Waals surface area contributed by atoms with Gasteiger partial charge in [0.05, 0.1) is 0 Å². The third-order valence-corrected chi connectivity index (χ3v) is 1.37. The van der Waals surface area contributed by atoms with Gasteiger partial charge in [-0.15, -0.1) is 0 Å². The fraction of sp³-hybridized carbons (Fsp3) is 0.571. The van der Waals surface area contributed by atoms with Crippen molar-refractivity contribution in [2.75, 3.05) is 0 Å². The van der Waals surface area contributed by atoms with E-state index in [1.165, 1.54) is 0 Å². The van der Waals surface area contributed by atoms with E-state index in [1.54, 1.807) is 0 Å². The van der Waals surface area contributed by atoms with Crippen LogP contribution in [0.1, 0.15) is 25.7 Å². The van der Waals surface area contributed by atoms with Crippen LogP contribution in [0.2, 0.25) is 0 Å². The molecule has 0 aromatic carbocycles. The summed E-state index contributed by atoms with van der Waals surface area (Å²) in [4.78, 5) is 29.3. The summed E-state index contributed by atoms with van der Waals surface area (Å²) in [5.41, 5.74) is 0. The van der Waals surface area contributed by atoms with E-state index in [0.717, 1.165) is 12.8 Å². The van der Waals surface area contributed by atoms with E-state index in [2.05, 4.69) is 0 Å². The predicted octanol–water partition coefficient (Wildman–Crippen LogP) is 0.399. The third kappa shape index (κ3) is 4.25. The number of hydrogen-bond donors (Lipinski definition) is 1. The maximum absolute atomic E-state index is 10.4. The van der Waals surface area contributed by atoms with E-state index in [1.807, 2.05) is 0 Å². The molecule has 11 heavy (non-hydrogen) atoms. The molecule has 1 rings (SSSR count). The molecule has 1 N–H and O–H groups in total. The number of carbonyl (C=O) groups is 3. The van der Waals surface area contributed by atoms with Gasteiger partial charge in [-0.25, -0.2) is 0 Å². The maximum Gasteiger partial charge on any atom is 0.290 e. The summed E-state index contributed by atoms with van der Waals surface area (Å²) in [6.45, 7) is -0.250. The molecular formula is C7H10O4. The molecule has 0 amide bonds. The van der Waals surface area contributed by atoms with E-state index >= 15 is 0 Å². The number of hydrogen-bond acceptors (Lipinski definition) is 3. The molecule has 1 aliphatic carbocycles. The first kappa shape index (κ1) is 9.81. The van der Waals surface area contributed by atoms with Gasteiger partial charge in [0.15, 0.2) is 11.6 Å². The van der Waals surface area contributed by atoms with Crippen LogP contribution >= 0.6 is 0 Å². The Morgan fingerprint density at radius 3 is 1.55 bits per heavy atom. The van der Waals surface area contributed by atoms with E-state index in [4.69, 9.17) is 9.90 Å². The Labute approximate surface area is 64.2 Å². The van der Waals surface area contributed by atoms with E-state index in [0.29, 0.717) is 12.8 Å². The highest BCUT2D eigenvalue weighted by molar-refractivity contribution is 6.37. The quantitative estimate of drug-likeness (QED) is 0.409. The maximum atomic E-state index is 10.4. The smallest absolute Gasteiger partial charge is 0.290 e. The normalized spacial score (nSPS) is 16.7. The molecular weight excluding hydrogens is 148 g/mol. The molecule has 1 fully saturated rings. The van der Waals surface area contributed by atoms with Crippen LogP contribution < -0.4 is 0 Å². The van der Waals surface area contributed by atoms with Crippen LogP contribution in [0.4, 0.5) is 0 Å². The second kappa shape index (κ2) is 5.58. The monoisotopic (exact) mass is 158 g/mol. The first-order valence-electron chi connectivity index (χ1n) is 3.36. The highest BCUT2D eigenvalue weighted by Crippen LogP contribution is 2.09. The molecule has 0 aliphatic heterocycles. The Morgan fingerprint density at radius 1 is 1.09 bits per heavy atom. The summed E-state index contributed by atoms with van der Waals surface area (Å²) in [5.74, 6) is -0.340. The van der Waals surface area contributed by atoms with Crippen LogP contribution in [0, 0.1) is 0 Å². The Morgan fingerprint density at radius 2 is 1.36 bits per heavy atom. The zero-order valence-corrected chi connectivity index (χ0v) is 6.08. The first-order valence-corrected chi connectivity index (χ1v) is 3.36. The van der Waals surface area contributed by atoms with Crippen LogP contribution in [-0.2, 0) is 14.4 Å². The van der Waals surface area contributed by atoms with Gasteiger partial charge in [0.2, 0.25) is 0 Å².